The zero-order chi connectivity index (χ0) is 6.43. The van der Waals surface area contributed by atoms with E-state index in [1.807, 2.05) is 0 Å². The van der Waals surface area contributed by atoms with Gasteiger partial charge in [-0.3, -0.25) is 0 Å². The zero-order valence-electron chi connectivity index (χ0n) is 5.81. The Bertz CT molecular complexity index is 108. The van der Waals surface area contributed by atoms with Crippen LogP contribution in [-0.2, 0) is 0 Å². The smallest absolute Gasteiger partial charge is 0.0281 e. The van der Waals surface area contributed by atoms with Crippen molar-refractivity contribution >= 4 is 15.9 Å². The predicted octanol–water partition coefficient (Wildman–Crippen LogP) is 2.57. The van der Waals surface area contributed by atoms with Crippen LogP contribution in [-0.4, -0.2) is 4.83 Å². The average molecular weight is 176 g/mol. The monoisotopic (exact) mass is 175 g/mol. The van der Waals surface area contributed by atoms with E-state index in [2.05, 4.69) is 15.9 Å². The van der Waals surface area contributed by atoms with Gasteiger partial charge < -0.3 is 0 Å². The Morgan fingerprint density at radius 2 is 2.38 bits per heavy atom. The van der Waals surface area contributed by atoms with Crippen molar-refractivity contribution in [1.82, 2.24) is 0 Å². The Hall–Kier alpha value is 0.480. The van der Waals surface area contributed by atoms with Crippen LogP contribution in [0, 0.1) is 11.8 Å². The van der Waals surface area contributed by atoms with Gasteiger partial charge in [-0.05, 0) is 31.1 Å². The van der Waals surface area contributed by atoms with Gasteiger partial charge in [0.15, 0.2) is 0 Å². The lowest BCUT2D eigenvalue weighted by atomic mass is 10.0. The topological polar surface area (TPSA) is 0 Å². The highest BCUT2D eigenvalue weighted by atomic mass is 79.9. The maximum atomic E-state index is 7.68. The molecule has 2 aliphatic rings. The van der Waals surface area contributed by atoms with Gasteiger partial charge in [0, 0.05) is 6.20 Å². The van der Waals surface area contributed by atoms with Crippen molar-refractivity contribution in [2.75, 3.05) is 0 Å². The van der Waals surface area contributed by atoms with Crippen LogP contribution in [0.15, 0.2) is 0 Å². The van der Waals surface area contributed by atoms with Crippen LogP contribution in [0.4, 0.5) is 0 Å². The van der Waals surface area contributed by atoms with Crippen molar-refractivity contribution in [1.29, 1.82) is 0 Å². The summed E-state index contributed by atoms with van der Waals surface area (Å²) >= 11 is 3.57. The Kier molecular flexibility index (Phi) is 0.933. The molecule has 0 heterocycles. The summed E-state index contributed by atoms with van der Waals surface area (Å²) < 4.78 is 7.68. The molecule has 46 valence electrons. The number of alkyl halides is 1. The summed E-state index contributed by atoms with van der Waals surface area (Å²) in [5.41, 5.74) is 0. The summed E-state index contributed by atoms with van der Waals surface area (Å²) in [6.07, 6.45) is 4.23. The van der Waals surface area contributed by atoms with E-state index in [4.69, 9.17) is 1.37 Å². The third kappa shape index (κ3) is 0.637. The van der Waals surface area contributed by atoms with Gasteiger partial charge in [0.1, 0.15) is 0 Å². The van der Waals surface area contributed by atoms with Gasteiger partial charge in [0.2, 0.25) is 0 Å². The standard InChI is InChI=1S/C7H11Br/c8-7-4-5-1-2-6(7)3-5/h5-7H,1-4H2/t5-,6+,7-/m1/s1/i4D/t4-,5+,6-,7+/m0. The highest BCUT2D eigenvalue weighted by molar-refractivity contribution is 9.09. The molecule has 0 aromatic carbocycles. The molecule has 2 fully saturated rings. The third-order valence-electron chi connectivity index (χ3n) is 2.42. The highest BCUT2D eigenvalue weighted by Crippen LogP contribution is 2.47. The van der Waals surface area contributed by atoms with Crippen molar-refractivity contribution in [3.05, 3.63) is 0 Å². The molecule has 0 N–H and O–H groups in total. The van der Waals surface area contributed by atoms with Crippen LogP contribution in [0.25, 0.3) is 0 Å². The molecule has 0 unspecified atom stereocenters. The first-order chi connectivity index (χ1) is 4.29. The molecule has 4 atom stereocenters. The fourth-order valence-electron chi connectivity index (χ4n) is 1.93. The van der Waals surface area contributed by atoms with E-state index in [0.717, 1.165) is 11.8 Å². The van der Waals surface area contributed by atoms with E-state index in [0.29, 0.717) is 4.83 Å². The summed E-state index contributed by atoms with van der Waals surface area (Å²) in [6, 6.07) is 0. The maximum absolute atomic E-state index is 7.68. The van der Waals surface area contributed by atoms with Crippen molar-refractivity contribution in [3.63, 3.8) is 0 Å². The number of halogens is 1. The Morgan fingerprint density at radius 1 is 1.50 bits per heavy atom. The summed E-state index contributed by atoms with van der Waals surface area (Å²) in [6.45, 7) is 0. The number of fused-ring (bicyclic) bond motifs is 2. The summed E-state index contributed by atoms with van der Waals surface area (Å²) in [5, 5.41) is 0. The molecule has 1 heteroatoms. The first-order valence-corrected chi connectivity index (χ1v) is 4.27. The largest absolute Gasteiger partial charge is 0.0888 e. The summed E-state index contributed by atoms with van der Waals surface area (Å²) in [5.74, 6) is 1.58. The van der Waals surface area contributed by atoms with Crippen LogP contribution in [0.2, 0.25) is 0 Å². The molecule has 8 heavy (non-hydrogen) atoms. The molecule has 2 aliphatic carbocycles. The molecule has 0 radical (unpaired) electrons. The predicted molar refractivity (Wildman–Crippen MR) is 38.2 cm³/mol. The quantitative estimate of drug-likeness (QED) is 0.497. The van der Waals surface area contributed by atoms with Gasteiger partial charge in [-0.1, -0.05) is 22.4 Å². The Morgan fingerprint density at radius 3 is 2.75 bits per heavy atom. The lowest BCUT2D eigenvalue weighted by Gasteiger charge is -2.13. The van der Waals surface area contributed by atoms with Gasteiger partial charge in [0.05, 0.1) is 0 Å². The second-order valence-electron chi connectivity index (χ2n) is 2.97. The molecule has 0 aromatic heterocycles. The van der Waals surface area contributed by atoms with Gasteiger partial charge >= 0.3 is 0 Å². The van der Waals surface area contributed by atoms with Crippen LogP contribution in [0.5, 0.6) is 0 Å². The lowest BCUT2D eigenvalue weighted by Crippen LogP contribution is -2.07. The Labute approximate surface area is 60.2 Å². The van der Waals surface area contributed by atoms with Crippen molar-refractivity contribution < 1.29 is 1.37 Å². The van der Waals surface area contributed by atoms with Crippen molar-refractivity contribution in [3.8, 4) is 0 Å². The van der Waals surface area contributed by atoms with E-state index in [9.17, 15) is 0 Å². The molecule has 0 aliphatic heterocycles. The molecular weight excluding hydrogens is 164 g/mol. The highest BCUT2D eigenvalue weighted by Gasteiger charge is 2.37. The summed E-state index contributed by atoms with van der Waals surface area (Å²) in [4.78, 5) is 0.524. The second-order valence-corrected chi connectivity index (χ2v) is 4.03. The molecule has 0 saturated heterocycles. The van der Waals surface area contributed by atoms with E-state index in [1.165, 1.54) is 19.3 Å². The molecule has 0 aromatic rings. The lowest BCUT2D eigenvalue weighted by molar-refractivity contribution is 0.497. The fraction of sp³-hybridized carbons (Fsp3) is 1.00. The first-order valence-electron chi connectivity index (χ1n) is 3.93. The second kappa shape index (κ2) is 1.73. The fourth-order valence-corrected chi connectivity index (χ4v) is 2.85. The Balaban J connectivity index is 2.15. The van der Waals surface area contributed by atoms with E-state index in [1.54, 1.807) is 0 Å². The summed E-state index contributed by atoms with van der Waals surface area (Å²) in [7, 11) is 0. The number of hydrogen-bond donors (Lipinski definition) is 0. The number of rotatable bonds is 0. The maximum Gasteiger partial charge on any atom is 0.0281 e. The van der Waals surface area contributed by atoms with Crippen LogP contribution in [0.1, 0.15) is 27.0 Å². The van der Waals surface area contributed by atoms with Crippen LogP contribution >= 0.6 is 15.9 Å². The number of hydrogen-bond acceptors (Lipinski definition) is 0. The van der Waals surface area contributed by atoms with Gasteiger partial charge in [0.25, 0.3) is 0 Å². The normalized spacial score (nSPS) is 63.9. The first kappa shape index (κ1) is 4.32. The van der Waals surface area contributed by atoms with Crippen molar-refractivity contribution in [2.45, 2.75) is 30.5 Å². The van der Waals surface area contributed by atoms with E-state index >= 15 is 0 Å². The molecule has 2 bridgehead atoms. The SMILES string of the molecule is [2H][C@H]1[C@@H]2CC[C@@H](C2)[C@@H]1Br. The van der Waals surface area contributed by atoms with E-state index < -0.39 is 0 Å². The van der Waals surface area contributed by atoms with Gasteiger partial charge in [-0.2, -0.15) is 0 Å². The molecule has 0 amide bonds. The minimum atomic E-state index is 0.212. The molecule has 2 saturated carbocycles. The molecular formula is C7H11Br. The average Bonchev–Trinajstić information content (AvgIpc) is 2.37. The molecule has 2 rings (SSSR count). The molecule has 0 nitrogen and oxygen atoms in total. The molecule has 0 spiro atoms. The third-order valence-corrected chi connectivity index (χ3v) is 3.47. The van der Waals surface area contributed by atoms with Gasteiger partial charge in [-0.25, -0.2) is 0 Å². The van der Waals surface area contributed by atoms with Gasteiger partial charge in [-0.15, -0.1) is 0 Å². The van der Waals surface area contributed by atoms with E-state index in [-0.39, 0.29) is 6.40 Å². The zero-order valence-corrected chi connectivity index (χ0v) is 6.39. The van der Waals surface area contributed by atoms with Crippen LogP contribution in [0.3, 0.4) is 0 Å². The minimum Gasteiger partial charge on any atom is -0.0888 e. The van der Waals surface area contributed by atoms with Crippen molar-refractivity contribution in [2.24, 2.45) is 11.8 Å². The van der Waals surface area contributed by atoms with Crippen LogP contribution < -0.4 is 0 Å². The minimum absolute atomic E-state index is 0.212.